The minimum Gasteiger partial charge on any atom is -0.481 e. The van der Waals surface area contributed by atoms with Crippen molar-refractivity contribution in [1.82, 2.24) is 31.5 Å². The van der Waals surface area contributed by atoms with Crippen LogP contribution in [-0.4, -0.2) is 119 Å². The lowest BCUT2D eigenvalue weighted by molar-refractivity contribution is -0.141. The fourth-order valence-electron chi connectivity index (χ4n) is 5.47. The zero-order chi connectivity index (χ0) is 37.8. The van der Waals surface area contributed by atoms with Crippen LogP contribution in [0.3, 0.4) is 0 Å². The maximum Gasteiger partial charge on any atom is 0.305 e. The minimum atomic E-state index is -1.60. The van der Waals surface area contributed by atoms with Crippen LogP contribution >= 0.6 is 0 Å². The minimum absolute atomic E-state index is 0.108. The second-order valence-corrected chi connectivity index (χ2v) is 12.6. The SMILES string of the molecule is C[C@@H]1CNC(=O)CCC(C(=O)NCc2ccccc2)NC(=O)C(CC(=O)O)NC(=O)CNC(=O)C(CCCN=C(N)N)N(CCCCC(O)O)C1. The van der Waals surface area contributed by atoms with Gasteiger partial charge in [-0.2, -0.15) is 0 Å². The van der Waals surface area contributed by atoms with Crippen LogP contribution < -0.4 is 38.1 Å². The molecule has 1 fully saturated rings. The van der Waals surface area contributed by atoms with E-state index in [0.717, 1.165) is 5.56 Å². The van der Waals surface area contributed by atoms with Gasteiger partial charge in [0.2, 0.25) is 29.5 Å². The van der Waals surface area contributed by atoms with E-state index in [1.54, 1.807) is 24.3 Å². The maximum atomic E-state index is 13.6. The third-order valence-electron chi connectivity index (χ3n) is 8.08. The molecule has 3 unspecified atom stereocenters. The van der Waals surface area contributed by atoms with Crippen molar-refractivity contribution in [3.63, 3.8) is 0 Å². The van der Waals surface area contributed by atoms with Crippen molar-refractivity contribution in [2.24, 2.45) is 22.4 Å². The third kappa shape index (κ3) is 17.6. The number of aliphatic imine (C=N–C) groups is 1. The number of carbonyl (C=O) groups is 6. The Morgan fingerprint density at radius 2 is 1.73 bits per heavy atom. The Morgan fingerprint density at radius 3 is 2.39 bits per heavy atom. The first-order valence-electron chi connectivity index (χ1n) is 17.1. The number of aliphatic hydroxyl groups is 2. The van der Waals surface area contributed by atoms with E-state index in [9.17, 15) is 44.1 Å². The molecular formula is C33H53N9O9. The molecule has 51 heavy (non-hydrogen) atoms. The Hall–Kier alpha value is -4.81. The number of carbonyl (C=O) groups excluding carboxylic acids is 5. The molecule has 1 aliphatic heterocycles. The summed E-state index contributed by atoms with van der Waals surface area (Å²) in [5, 5.41) is 41.0. The monoisotopic (exact) mass is 719 g/mol. The number of hydrogen-bond donors (Lipinski definition) is 10. The Balaban J connectivity index is 2.34. The number of aliphatic carboxylic acids is 1. The summed E-state index contributed by atoms with van der Waals surface area (Å²) in [4.78, 5) is 83.6. The molecule has 0 aliphatic carbocycles. The number of benzene rings is 1. The molecule has 4 atom stereocenters. The fourth-order valence-corrected chi connectivity index (χ4v) is 5.47. The number of carboxylic acid groups (broad SMARTS) is 1. The smallest absolute Gasteiger partial charge is 0.305 e. The van der Waals surface area contributed by atoms with E-state index in [0.29, 0.717) is 32.4 Å². The standard InChI is InChI=1S/C33H53N9O9/c1-21-17-37-26(43)13-12-23(30(49)38-18-22-8-3-2-4-9-22)41-31(50)24(16-29(47)48)40-27(44)19-39-32(51)25(10-7-14-36-33(34)35)42(20-21)15-6-5-11-28(45)46/h2-4,8-9,21,23-25,28,45-46H,5-7,10-20H2,1H3,(H,37,43)(H,38,49)(H,39,51)(H,40,44)(H,41,50)(H,47,48)(H4,34,35,36)/t21-,23?,24?,25?/m1/s1. The van der Waals surface area contributed by atoms with E-state index in [-0.39, 0.29) is 57.2 Å². The summed E-state index contributed by atoms with van der Waals surface area (Å²) in [7, 11) is 0. The average Bonchev–Trinajstić information content (AvgIpc) is 3.07. The highest BCUT2D eigenvalue weighted by atomic mass is 16.5. The number of rotatable bonds is 14. The topological polar surface area (TPSA) is 291 Å². The van der Waals surface area contributed by atoms with Crippen molar-refractivity contribution in [2.45, 2.75) is 89.3 Å². The number of nitrogens with zero attached hydrogens (tertiary/aromatic N) is 2. The fraction of sp³-hybridized carbons (Fsp3) is 0.606. The van der Waals surface area contributed by atoms with Crippen molar-refractivity contribution in [1.29, 1.82) is 0 Å². The second kappa shape index (κ2) is 22.8. The Morgan fingerprint density at radius 1 is 1.00 bits per heavy atom. The van der Waals surface area contributed by atoms with Crippen molar-refractivity contribution in [3.8, 4) is 0 Å². The molecule has 0 radical (unpaired) electrons. The van der Waals surface area contributed by atoms with E-state index in [4.69, 9.17) is 11.5 Å². The van der Waals surface area contributed by atoms with Gasteiger partial charge in [-0.3, -0.25) is 38.7 Å². The predicted molar refractivity (Wildman–Crippen MR) is 186 cm³/mol. The van der Waals surface area contributed by atoms with Crippen LogP contribution in [0.4, 0.5) is 0 Å². The molecule has 5 amide bonds. The van der Waals surface area contributed by atoms with Crippen LogP contribution in [0.15, 0.2) is 35.3 Å². The van der Waals surface area contributed by atoms with Crippen LogP contribution in [0.5, 0.6) is 0 Å². The van der Waals surface area contributed by atoms with E-state index in [1.807, 2.05) is 17.9 Å². The molecule has 12 N–H and O–H groups in total. The van der Waals surface area contributed by atoms with Gasteiger partial charge in [-0.15, -0.1) is 0 Å². The molecule has 1 saturated heterocycles. The van der Waals surface area contributed by atoms with Crippen LogP contribution in [0.25, 0.3) is 0 Å². The van der Waals surface area contributed by atoms with Gasteiger partial charge in [-0.1, -0.05) is 37.3 Å². The number of amides is 5. The summed E-state index contributed by atoms with van der Waals surface area (Å²) in [6, 6.07) is 5.39. The molecule has 0 aromatic heterocycles. The molecule has 0 spiro atoms. The van der Waals surface area contributed by atoms with Gasteiger partial charge in [0.15, 0.2) is 12.2 Å². The van der Waals surface area contributed by atoms with Crippen molar-refractivity contribution in [3.05, 3.63) is 35.9 Å². The molecule has 0 bridgehead atoms. The third-order valence-corrected chi connectivity index (χ3v) is 8.08. The largest absolute Gasteiger partial charge is 0.481 e. The molecule has 1 aromatic rings. The van der Waals surface area contributed by atoms with Crippen LogP contribution in [0, 0.1) is 5.92 Å². The summed E-state index contributed by atoms with van der Waals surface area (Å²) < 4.78 is 0. The lowest BCUT2D eigenvalue weighted by Gasteiger charge is -2.33. The number of unbranched alkanes of at least 4 members (excludes halogenated alkanes) is 1. The Kier molecular flexibility index (Phi) is 19.0. The molecule has 18 nitrogen and oxygen atoms in total. The van der Waals surface area contributed by atoms with Crippen molar-refractivity contribution in [2.75, 3.05) is 32.7 Å². The lowest BCUT2D eigenvalue weighted by atomic mass is 10.0. The van der Waals surface area contributed by atoms with Gasteiger partial charge >= 0.3 is 5.97 Å². The number of nitrogens with one attached hydrogen (secondary N) is 5. The number of hydrogen-bond acceptors (Lipinski definition) is 10. The first-order chi connectivity index (χ1) is 24.2. The summed E-state index contributed by atoms with van der Waals surface area (Å²) in [5.74, 6) is -5.00. The van der Waals surface area contributed by atoms with Gasteiger partial charge in [0, 0.05) is 32.6 Å². The van der Waals surface area contributed by atoms with Gasteiger partial charge in [0.05, 0.1) is 19.0 Å². The van der Waals surface area contributed by atoms with E-state index >= 15 is 0 Å². The molecular weight excluding hydrogens is 666 g/mol. The van der Waals surface area contributed by atoms with Crippen LogP contribution in [0.2, 0.25) is 0 Å². The molecule has 2 rings (SSSR count). The number of guanidine groups is 1. The summed E-state index contributed by atoms with van der Waals surface area (Å²) in [5.41, 5.74) is 11.7. The number of aliphatic hydroxyl groups excluding tert-OH is 1. The first-order valence-corrected chi connectivity index (χ1v) is 17.1. The van der Waals surface area contributed by atoms with E-state index in [1.165, 1.54) is 0 Å². The zero-order valence-electron chi connectivity index (χ0n) is 29.0. The van der Waals surface area contributed by atoms with Gasteiger partial charge in [-0.05, 0) is 56.6 Å². The summed E-state index contributed by atoms with van der Waals surface area (Å²) in [6.45, 7) is 2.61. The molecule has 1 aromatic carbocycles. The maximum absolute atomic E-state index is 13.6. The second-order valence-electron chi connectivity index (χ2n) is 12.6. The summed E-state index contributed by atoms with van der Waals surface area (Å²) >= 11 is 0. The van der Waals surface area contributed by atoms with Crippen LogP contribution in [-0.2, 0) is 35.3 Å². The quantitative estimate of drug-likeness (QED) is 0.0417. The van der Waals surface area contributed by atoms with Gasteiger partial charge < -0.3 is 53.4 Å². The van der Waals surface area contributed by atoms with Crippen LogP contribution in [0.1, 0.15) is 63.9 Å². The van der Waals surface area contributed by atoms with Crippen molar-refractivity contribution >= 4 is 41.5 Å². The van der Waals surface area contributed by atoms with E-state index < -0.39 is 72.9 Å². The predicted octanol–water partition coefficient (Wildman–Crippen LogP) is -2.39. The lowest BCUT2D eigenvalue weighted by Crippen LogP contribution is -2.56. The first kappa shape index (κ1) is 42.4. The molecule has 0 saturated carbocycles. The Bertz CT molecular complexity index is 1330. The number of carboxylic acids is 1. The zero-order valence-corrected chi connectivity index (χ0v) is 29.0. The highest BCUT2D eigenvalue weighted by Gasteiger charge is 2.31. The molecule has 1 heterocycles. The average molecular weight is 720 g/mol. The van der Waals surface area contributed by atoms with Gasteiger partial charge in [-0.25, -0.2) is 0 Å². The van der Waals surface area contributed by atoms with Gasteiger partial charge in [0.1, 0.15) is 12.1 Å². The highest BCUT2D eigenvalue weighted by Crippen LogP contribution is 2.14. The Labute approximate surface area is 297 Å². The van der Waals surface area contributed by atoms with E-state index in [2.05, 4.69) is 31.6 Å². The van der Waals surface area contributed by atoms with Gasteiger partial charge in [0.25, 0.3) is 0 Å². The molecule has 18 heteroatoms. The number of nitrogens with two attached hydrogens (primary N) is 2. The molecule has 1 aliphatic rings. The summed E-state index contributed by atoms with van der Waals surface area (Å²) in [6.07, 6.45) is -0.774. The highest BCUT2D eigenvalue weighted by molar-refractivity contribution is 5.95. The molecule has 284 valence electrons. The van der Waals surface area contributed by atoms with Crippen molar-refractivity contribution < 1.29 is 44.1 Å². The normalized spacial score (nSPS) is 21.6.